The number of benzene rings is 2. The van der Waals surface area contributed by atoms with Crippen molar-refractivity contribution in [2.24, 2.45) is 0 Å². The van der Waals surface area contributed by atoms with Gasteiger partial charge in [0.15, 0.2) is 0 Å². The highest BCUT2D eigenvalue weighted by atomic mass is 32.2. The lowest BCUT2D eigenvalue weighted by Gasteiger charge is -2.34. The largest absolute Gasteiger partial charge is 0.369 e. The molecule has 2 aromatic carbocycles. The van der Waals surface area contributed by atoms with Crippen LogP contribution in [0.25, 0.3) is 10.2 Å². The van der Waals surface area contributed by atoms with E-state index in [1.54, 1.807) is 29.2 Å². The molecule has 0 aliphatic carbocycles. The van der Waals surface area contributed by atoms with Crippen molar-refractivity contribution in [1.82, 2.24) is 19.8 Å². The molecule has 0 saturated carbocycles. The zero-order valence-electron chi connectivity index (χ0n) is 22.4. The van der Waals surface area contributed by atoms with Gasteiger partial charge in [-0.15, -0.1) is 11.3 Å². The van der Waals surface area contributed by atoms with E-state index < -0.39 is 0 Å². The van der Waals surface area contributed by atoms with Crippen LogP contribution < -0.4 is 15.5 Å². The Kier molecular flexibility index (Phi) is 8.77. The van der Waals surface area contributed by atoms with E-state index in [1.165, 1.54) is 5.69 Å². The van der Waals surface area contributed by atoms with E-state index in [-0.39, 0.29) is 5.91 Å². The maximum atomic E-state index is 12.3. The summed E-state index contributed by atoms with van der Waals surface area (Å²) in [4.78, 5) is 29.7. The summed E-state index contributed by atoms with van der Waals surface area (Å²) >= 11 is 3.19. The fraction of sp³-hybridized carbons (Fsp3) is 0.276. The summed E-state index contributed by atoms with van der Waals surface area (Å²) < 4.78 is 1.04. The maximum Gasteiger partial charge on any atom is 0.248 e. The molecule has 0 unspecified atom stereocenters. The van der Waals surface area contributed by atoms with Gasteiger partial charge in [-0.25, -0.2) is 9.97 Å². The number of thiophene rings is 1. The average molecular weight is 560 g/mol. The summed E-state index contributed by atoms with van der Waals surface area (Å²) in [5.74, 6) is 0.415. The lowest BCUT2D eigenvalue weighted by atomic mass is 10.2. The maximum absolute atomic E-state index is 12.3. The van der Waals surface area contributed by atoms with E-state index in [4.69, 9.17) is 9.97 Å². The van der Waals surface area contributed by atoms with Crippen molar-refractivity contribution >= 4 is 62.2 Å². The molecule has 1 aliphatic rings. The molecule has 8 nitrogen and oxygen atoms in total. The minimum atomic E-state index is -0.146. The Morgan fingerprint density at radius 1 is 1.05 bits per heavy atom. The lowest BCUT2D eigenvalue weighted by molar-refractivity contribution is -0.111. The van der Waals surface area contributed by atoms with E-state index in [2.05, 4.69) is 51.7 Å². The van der Waals surface area contributed by atoms with Crippen LogP contribution in [0.1, 0.15) is 0 Å². The number of carbonyl (C=O) groups is 1. The second-order valence-electron chi connectivity index (χ2n) is 9.73. The summed E-state index contributed by atoms with van der Waals surface area (Å²) in [7, 11) is 6.10. The molecule has 0 radical (unpaired) electrons. The van der Waals surface area contributed by atoms with Crippen molar-refractivity contribution in [2.75, 3.05) is 69.4 Å². The van der Waals surface area contributed by atoms with E-state index in [1.807, 2.05) is 60.8 Å². The normalized spacial score (nSPS) is 14.4. The van der Waals surface area contributed by atoms with Gasteiger partial charge in [-0.3, -0.25) is 4.79 Å². The van der Waals surface area contributed by atoms with Gasteiger partial charge in [-0.2, -0.15) is 0 Å². The molecule has 1 aliphatic heterocycles. The average Bonchev–Trinajstić information content (AvgIpc) is 3.39. The summed E-state index contributed by atoms with van der Waals surface area (Å²) in [5, 5.41) is 9.24. The van der Waals surface area contributed by atoms with Gasteiger partial charge in [0.1, 0.15) is 5.03 Å². The first kappa shape index (κ1) is 27.1. The summed E-state index contributed by atoms with van der Waals surface area (Å²) in [6.07, 6.45) is 3.41. The third-order valence-corrected chi connectivity index (χ3v) is 8.34. The molecular weight excluding hydrogens is 527 g/mol. The third kappa shape index (κ3) is 7.36. The smallest absolute Gasteiger partial charge is 0.248 e. The number of rotatable bonds is 9. The Morgan fingerprint density at radius 3 is 2.62 bits per heavy atom. The van der Waals surface area contributed by atoms with Gasteiger partial charge >= 0.3 is 0 Å². The van der Waals surface area contributed by atoms with Gasteiger partial charge in [0, 0.05) is 60.8 Å². The van der Waals surface area contributed by atoms with Crippen LogP contribution in [0.2, 0.25) is 0 Å². The highest BCUT2D eigenvalue weighted by Crippen LogP contribution is 2.36. The van der Waals surface area contributed by atoms with Crippen molar-refractivity contribution in [2.45, 2.75) is 9.92 Å². The Balaban J connectivity index is 1.29. The van der Waals surface area contributed by atoms with Crippen molar-refractivity contribution < 1.29 is 4.79 Å². The molecule has 0 bridgehead atoms. The molecule has 2 aromatic heterocycles. The number of amides is 1. The number of fused-ring (bicyclic) bond motifs is 1. The number of anilines is 4. The van der Waals surface area contributed by atoms with Gasteiger partial charge in [-0.05, 0) is 75.1 Å². The third-order valence-electron chi connectivity index (χ3n) is 6.32. The Bertz CT molecular complexity index is 1440. The van der Waals surface area contributed by atoms with Gasteiger partial charge in [0.25, 0.3) is 0 Å². The van der Waals surface area contributed by atoms with Crippen LogP contribution >= 0.6 is 23.1 Å². The second kappa shape index (κ2) is 12.6. The first-order chi connectivity index (χ1) is 18.9. The van der Waals surface area contributed by atoms with Crippen LogP contribution in [0.4, 0.5) is 23.0 Å². The van der Waals surface area contributed by atoms with Crippen LogP contribution in [0.3, 0.4) is 0 Å². The lowest BCUT2D eigenvalue weighted by Crippen LogP contribution is -2.44. The molecule has 10 heteroatoms. The quantitative estimate of drug-likeness (QED) is 0.209. The molecular formula is C29H33N7OS2. The number of carbonyl (C=O) groups excluding carboxylic acids is 1. The van der Waals surface area contributed by atoms with Gasteiger partial charge in [0.2, 0.25) is 11.9 Å². The van der Waals surface area contributed by atoms with Crippen LogP contribution in [0.5, 0.6) is 0 Å². The zero-order chi connectivity index (χ0) is 27.2. The highest BCUT2D eigenvalue weighted by Gasteiger charge is 2.15. The minimum absolute atomic E-state index is 0.146. The minimum Gasteiger partial charge on any atom is -0.369 e. The summed E-state index contributed by atoms with van der Waals surface area (Å²) in [6, 6.07) is 18.3. The van der Waals surface area contributed by atoms with Gasteiger partial charge in [0.05, 0.1) is 10.2 Å². The van der Waals surface area contributed by atoms with E-state index in [0.717, 1.165) is 57.7 Å². The molecule has 202 valence electrons. The Morgan fingerprint density at radius 2 is 1.85 bits per heavy atom. The fourth-order valence-electron chi connectivity index (χ4n) is 4.21. The van der Waals surface area contributed by atoms with E-state index >= 15 is 0 Å². The Hall–Kier alpha value is -3.44. The molecule has 1 saturated heterocycles. The SMILES string of the molecule is CN(C)CC=CC(=O)Nc1cccc(Sc2nc(Nc3ccc(N4CCN(C)CC4)cc3)nc3ccsc23)c1. The monoisotopic (exact) mass is 559 g/mol. The van der Waals surface area contributed by atoms with Crippen molar-refractivity contribution in [3.63, 3.8) is 0 Å². The van der Waals surface area contributed by atoms with E-state index in [9.17, 15) is 4.79 Å². The molecule has 0 atom stereocenters. The number of hydrogen-bond acceptors (Lipinski definition) is 9. The van der Waals surface area contributed by atoms with Crippen molar-refractivity contribution in [3.05, 3.63) is 72.1 Å². The molecule has 1 amide bonds. The fourth-order valence-corrected chi connectivity index (χ4v) is 6.08. The Labute approximate surface area is 237 Å². The van der Waals surface area contributed by atoms with Gasteiger partial charge < -0.3 is 25.3 Å². The number of nitrogens with one attached hydrogen (secondary N) is 2. The van der Waals surface area contributed by atoms with Crippen LogP contribution in [0, 0.1) is 0 Å². The molecule has 2 N–H and O–H groups in total. The topological polar surface area (TPSA) is 76.6 Å². The summed E-state index contributed by atoms with van der Waals surface area (Å²) in [5.41, 5.74) is 3.84. The van der Waals surface area contributed by atoms with Crippen LogP contribution in [-0.2, 0) is 4.79 Å². The molecule has 39 heavy (non-hydrogen) atoms. The standard InChI is InChI=1S/C29H33N7OS2/c1-34(2)14-5-8-26(37)30-22-6-4-7-24(20-22)39-28-27-25(13-19-38-27)32-29(33-28)31-21-9-11-23(12-10-21)36-17-15-35(3)16-18-36/h4-13,19-20H,14-18H2,1-3H3,(H,30,37)(H,31,32,33). The molecule has 5 rings (SSSR count). The first-order valence-corrected chi connectivity index (χ1v) is 14.6. The van der Waals surface area contributed by atoms with Gasteiger partial charge in [-0.1, -0.05) is 23.9 Å². The molecule has 0 spiro atoms. The van der Waals surface area contributed by atoms with Crippen LogP contribution in [-0.4, -0.2) is 79.5 Å². The first-order valence-electron chi connectivity index (χ1n) is 12.9. The molecule has 1 fully saturated rings. The van der Waals surface area contributed by atoms with Crippen LogP contribution in [0.15, 0.2) is 82.1 Å². The summed E-state index contributed by atoms with van der Waals surface area (Å²) in [6.45, 7) is 4.96. The second-order valence-corrected chi connectivity index (χ2v) is 11.7. The number of piperazine rings is 1. The van der Waals surface area contributed by atoms with E-state index in [0.29, 0.717) is 12.5 Å². The predicted molar refractivity (Wildman–Crippen MR) is 164 cm³/mol. The zero-order valence-corrected chi connectivity index (χ0v) is 24.1. The molecule has 4 aromatic rings. The van der Waals surface area contributed by atoms with Crippen molar-refractivity contribution in [3.8, 4) is 0 Å². The predicted octanol–water partition coefficient (Wildman–Crippen LogP) is 5.39. The van der Waals surface area contributed by atoms with Crippen molar-refractivity contribution in [1.29, 1.82) is 0 Å². The number of nitrogens with zero attached hydrogens (tertiary/aromatic N) is 5. The number of likely N-dealkylation sites (N-methyl/N-ethyl adjacent to an activating group) is 2. The number of aromatic nitrogens is 2. The number of hydrogen-bond donors (Lipinski definition) is 2. The molecule has 3 heterocycles. The highest BCUT2D eigenvalue weighted by molar-refractivity contribution is 7.99.